The van der Waals surface area contributed by atoms with E-state index in [-0.39, 0.29) is 18.9 Å². The Balaban J connectivity index is 4.36. The van der Waals surface area contributed by atoms with Crippen molar-refractivity contribution in [2.45, 2.75) is 33.6 Å². The van der Waals surface area contributed by atoms with E-state index in [1.54, 1.807) is 4.90 Å². The number of hydrogen-bond acceptors (Lipinski definition) is 3. The summed E-state index contributed by atoms with van der Waals surface area (Å²) in [4.78, 5) is 24.2. The van der Waals surface area contributed by atoms with Crippen LogP contribution >= 0.6 is 0 Å². The van der Waals surface area contributed by atoms with Gasteiger partial charge in [0.25, 0.3) is 0 Å². The summed E-state index contributed by atoms with van der Waals surface area (Å²) >= 11 is 0. The third kappa shape index (κ3) is 4.61. The highest BCUT2D eigenvalue weighted by atomic mass is 16.4. The van der Waals surface area contributed by atoms with E-state index >= 15 is 0 Å². The Hall–Kier alpha value is -1.10. The zero-order valence-corrected chi connectivity index (χ0v) is 10.2. The van der Waals surface area contributed by atoms with Crippen LogP contribution in [-0.4, -0.2) is 46.7 Å². The van der Waals surface area contributed by atoms with E-state index in [9.17, 15) is 9.59 Å². The summed E-state index contributed by atoms with van der Waals surface area (Å²) in [6, 6.07) is 0. The van der Waals surface area contributed by atoms with E-state index in [1.165, 1.54) is 13.8 Å². The van der Waals surface area contributed by atoms with Crippen molar-refractivity contribution in [3.8, 4) is 0 Å². The first-order valence-electron chi connectivity index (χ1n) is 5.47. The molecule has 1 amide bonds. The lowest BCUT2D eigenvalue weighted by Crippen LogP contribution is -2.37. The molecule has 0 unspecified atom stereocenters. The Morgan fingerprint density at radius 1 is 1.31 bits per heavy atom. The van der Waals surface area contributed by atoms with Gasteiger partial charge in [-0.25, -0.2) is 0 Å². The third-order valence-electron chi connectivity index (χ3n) is 2.49. The normalized spacial score (nSPS) is 11.2. The molecule has 0 rings (SSSR count). The Kier molecular flexibility index (Phi) is 6.03. The maximum atomic E-state index is 11.8. The molecule has 0 fully saturated rings. The van der Waals surface area contributed by atoms with Crippen LogP contribution < -0.4 is 0 Å². The second-order valence-electron chi connectivity index (χ2n) is 4.42. The van der Waals surface area contributed by atoms with Crippen molar-refractivity contribution in [2.75, 3.05) is 19.7 Å². The first-order valence-corrected chi connectivity index (χ1v) is 5.47. The van der Waals surface area contributed by atoms with Gasteiger partial charge in [-0.2, -0.15) is 0 Å². The Labute approximate surface area is 96.1 Å². The molecule has 0 bridgehead atoms. The molecule has 0 heterocycles. The number of carbonyl (C=O) groups is 2. The van der Waals surface area contributed by atoms with Crippen molar-refractivity contribution >= 4 is 11.9 Å². The van der Waals surface area contributed by atoms with Crippen LogP contribution in [0.15, 0.2) is 0 Å². The number of nitrogens with zero attached hydrogens (tertiary/aromatic N) is 1. The monoisotopic (exact) mass is 231 g/mol. The van der Waals surface area contributed by atoms with Crippen LogP contribution in [0.4, 0.5) is 0 Å². The van der Waals surface area contributed by atoms with E-state index in [0.29, 0.717) is 19.5 Å². The number of amides is 1. The fraction of sp³-hybridized carbons (Fsp3) is 0.818. The van der Waals surface area contributed by atoms with Gasteiger partial charge in [0.1, 0.15) is 0 Å². The third-order valence-corrected chi connectivity index (χ3v) is 2.49. The summed E-state index contributed by atoms with van der Waals surface area (Å²) in [6.07, 6.45) is 0.509. The van der Waals surface area contributed by atoms with Crippen molar-refractivity contribution in [1.82, 2.24) is 4.90 Å². The average Bonchev–Trinajstić information content (AvgIpc) is 2.18. The lowest BCUT2D eigenvalue weighted by atomic mass is 9.89. The second-order valence-corrected chi connectivity index (χ2v) is 4.42. The smallest absolute Gasteiger partial charge is 0.309 e. The Morgan fingerprint density at radius 2 is 1.88 bits per heavy atom. The van der Waals surface area contributed by atoms with Gasteiger partial charge in [-0.05, 0) is 27.2 Å². The van der Waals surface area contributed by atoms with Crippen LogP contribution in [0.3, 0.4) is 0 Å². The number of carboxylic acids is 1. The molecule has 2 N–H and O–H groups in total. The average molecular weight is 231 g/mol. The number of aliphatic carboxylic acids is 1. The molecule has 94 valence electrons. The largest absolute Gasteiger partial charge is 0.481 e. The zero-order valence-electron chi connectivity index (χ0n) is 10.2. The summed E-state index contributed by atoms with van der Waals surface area (Å²) < 4.78 is 0. The molecule has 0 atom stereocenters. The Bertz CT molecular complexity index is 250. The highest BCUT2D eigenvalue weighted by molar-refractivity contribution is 5.84. The quantitative estimate of drug-likeness (QED) is 0.676. The minimum absolute atomic E-state index is 0.0123. The number of carbonyl (C=O) groups excluding carboxylic acids is 1. The molecule has 0 aliphatic rings. The molecule has 0 aromatic rings. The topological polar surface area (TPSA) is 77.8 Å². The highest BCUT2D eigenvalue weighted by Crippen LogP contribution is 2.21. The summed E-state index contributed by atoms with van der Waals surface area (Å²) in [5.41, 5.74) is -1.04. The summed E-state index contributed by atoms with van der Waals surface area (Å²) in [7, 11) is 0. The SMILES string of the molecule is CCN(CCCO)C(=O)CC(C)(C)C(=O)O. The molecule has 0 aliphatic carbocycles. The van der Waals surface area contributed by atoms with Crippen LogP contribution in [0.25, 0.3) is 0 Å². The molecule has 5 heteroatoms. The van der Waals surface area contributed by atoms with Crippen molar-refractivity contribution in [3.05, 3.63) is 0 Å². The van der Waals surface area contributed by atoms with E-state index in [0.717, 1.165) is 0 Å². The molecular formula is C11H21NO4. The number of hydrogen-bond donors (Lipinski definition) is 2. The van der Waals surface area contributed by atoms with Gasteiger partial charge in [0, 0.05) is 26.1 Å². The summed E-state index contributed by atoms with van der Waals surface area (Å²) in [5, 5.41) is 17.6. The van der Waals surface area contributed by atoms with Crippen LogP contribution in [0, 0.1) is 5.41 Å². The summed E-state index contributed by atoms with van der Waals surface area (Å²) in [6.45, 7) is 5.95. The molecule has 0 saturated heterocycles. The van der Waals surface area contributed by atoms with Gasteiger partial charge in [-0.15, -0.1) is 0 Å². The number of rotatable bonds is 7. The Morgan fingerprint density at radius 3 is 2.25 bits per heavy atom. The predicted molar refractivity (Wildman–Crippen MR) is 60.0 cm³/mol. The number of aliphatic hydroxyl groups is 1. The number of carboxylic acid groups (broad SMARTS) is 1. The van der Waals surface area contributed by atoms with Gasteiger partial charge >= 0.3 is 5.97 Å². The van der Waals surface area contributed by atoms with Gasteiger partial charge in [0.05, 0.1) is 5.41 Å². The van der Waals surface area contributed by atoms with Crippen LogP contribution in [0.5, 0.6) is 0 Å². The molecule has 0 spiro atoms. The lowest BCUT2D eigenvalue weighted by molar-refractivity contribution is -0.151. The van der Waals surface area contributed by atoms with Crippen molar-refractivity contribution < 1.29 is 19.8 Å². The molecule has 0 saturated carbocycles. The van der Waals surface area contributed by atoms with Gasteiger partial charge < -0.3 is 15.1 Å². The number of aliphatic hydroxyl groups excluding tert-OH is 1. The molecular weight excluding hydrogens is 210 g/mol. The van der Waals surface area contributed by atoms with Crippen LogP contribution in [-0.2, 0) is 9.59 Å². The highest BCUT2D eigenvalue weighted by Gasteiger charge is 2.31. The van der Waals surface area contributed by atoms with Gasteiger partial charge in [0.15, 0.2) is 0 Å². The molecule has 0 aliphatic heterocycles. The molecule has 0 aromatic heterocycles. The lowest BCUT2D eigenvalue weighted by Gasteiger charge is -2.25. The minimum Gasteiger partial charge on any atom is -0.481 e. The van der Waals surface area contributed by atoms with Crippen molar-refractivity contribution in [1.29, 1.82) is 0 Å². The first-order chi connectivity index (χ1) is 7.35. The maximum absolute atomic E-state index is 11.8. The van der Waals surface area contributed by atoms with Gasteiger partial charge in [0.2, 0.25) is 5.91 Å². The van der Waals surface area contributed by atoms with E-state index < -0.39 is 11.4 Å². The molecule has 16 heavy (non-hydrogen) atoms. The zero-order chi connectivity index (χ0) is 12.8. The van der Waals surface area contributed by atoms with Gasteiger partial charge in [-0.3, -0.25) is 9.59 Å². The van der Waals surface area contributed by atoms with Crippen LogP contribution in [0.2, 0.25) is 0 Å². The maximum Gasteiger partial charge on any atom is 0.309 e. The van der Waals surface area contributed by atoms with E-state index in [1.807, 2.05) is 6.92 Å². The van der Waals surface area contributed by atoms with Gasteiger partial charge in [-0.1, -0.05) is 0 Å². The second kappa shape index (κ2) is 6.48. The molecule has 0 aromatic carbocycles. The van der Waals surface area contributed by atoms with Crippen molar-refractivity contribution in [2.24, 2.45) is 5.41 Å². The predicted octanol–water partition coefficient (Wildman–Crippen LogP) is 0.718. The van der Waals surface area contributed by atoms with E-state index in [2.05, 4.69) is 0 Å². The van der Waals surface area contributed by atoms with E-state index in [4.69, 9.17) is 10.2 Å². The molecule has 0 radical (unpaired) electrons. The fourth-order valence-electron chi connectivity index (χ4n) is 1.29. The van der Waals surface area contributed by atoms with Crippen molar-refractivity contribution in [3.63, 3.8) is 0 Å². The first kappa shape index (κ1) is 14.9. The fourth-order valence-corrected chi connectivity index (χ4v) is 1.29. The molecule has 5 nitrogen and oxygen atoms in total. The standard InChI is InChI=1S/C11H21NO4/c1-4-12(6-5-7-13)9(14)8-11(2,3)10(15)16/h13H,4-8H2,1-3H3,(H,15,16). The summed E-state index contributed by atoms with van der Waals surface area (Å²) in [5.74, 6) is -1.15. The van der Waals surface area contributed by atoms with Crippen LogP contribution in [0.1, 0.15) is 33.6 Å². The minimum atomic E-state index is -1.04.